The van der Waals surface area contributed by atoms with Gasteiger partial charge in [0.05, 0.1) is 30.2 Å². The molecule has 1 saturated heterocycles. The van der Waals surface area contributed by atoms with E-state index in [1.807, 2.05) is 24.3 Å². The predicted molar refractivity (Wildman–Crippen MR) is 108 cm³/mol. The van der Waals surface area contributed by atoms with Crippen LogP contribution in [0.5, 0.6) is 0 Å². The number of hydrogen-bond donors (Lipinski definition) is 2. The highest BCUT2D eigenvalue weighted by atomic mass is 19.1. The zero-order valence-electron chi connectivity index (χ0n) is 16.2. The number of anilines is 2. The van der Waals surface area contributed by atoms with Crippen molar-refractivity contribution in [1.82, 2.24) is 0 Å². The average molecular weight is 396 g/mol. The molecule has 0 aromatic heterocycles. The number of carbonyl (C=O) groups excluding carboxylic acids is 2. The summed E-state index contributed by atoms with van der Waals surface area (Å²) in [5.74, 6) is -1.17. The first-order chi connectivity index (χ1) is 13.9. The standard InChI is InChI=1S/C22H23FN3O3/c1-22(21(24)28)12-16-17(13-27)18(23)5-6-19(16)25-20(22)14-3-2-4-15(11-14)26-7-9-29-10-8-26/h2-6,11,20,25H,7-10,12H2,1H3,(H2,24,28). The van der Waals surface area contributed by atoms with E-state index in [0.717, 1.165) is 24.3 Å². The third-order valence-electron chi connectivity index (χ3n) is 5.99. The van der Waals surface area contributed by atoms with Gasteiger partial charge in [0.2, 0.25) is 12.2 Å². The van der Waals surface area contributed by atoms with Gasteiger partial charge in [-0.15, -0.1) is 0 Å². The van der Waals surface area contributed by atoms with Crippen molar-refractivity contribution in [2.45, 2.75) is 19.4 Å². The molecule has 2 aromatic rings. The zero-order chi connectivity index (χ0) is 20.6. The number of amides is 1. The minimum Gasteiger partial charge on any atom is -0.378 e. The van der Waals surface area contributed by atoms with Gasteiger partial charge in [0.15, 0.2) is 0 Å². The molecule has 0 aliphatic carbocycles. The van der Waals surface area contributed by atoms with E-state index in [2.05, 4.69) is 10.2 Å². The fraction of sp³-hybridized carbons (Fsp3) is 0.364. The van der Waals surface area contributed by atoms with Gasteiger partial charge in [0, 0.05) is 24.5 Å². The Balaban J connectivity index is 1.76. The molecule has 2 aromatic carbocycles. The van der Waals surface area contributed by atoms with Crippen molar-refractivity contribution in [3.05, 3.63) is 58.9 Å². The Hall–Kier alpha value is -2.93. The van der Waals surface area contributed by atoms with Crippen molar-refractivity contribution >= 4 is 23.6 Å². The fourth-order valence-electron chi connectivity index (χ4n) is 4.24. The molecular weight excluding hydrogens is 373 g/mol. The lowest BCUT2D eigenvalue weighted by atomic mass is 9.70. The first kappa shape index (κ1) is 19.4. The largest absolute Gasteiger partial charge is 0.378 e. The van der Waals surface area contributed by atoms with Gasteiger partial charge in [-0.2, -0.15) is 0 Å². The Kier molecular flexibility index (Phi) is 5.00. The molecule has 1 amide bonds. The van der Waals surface area contributed by atoms with Crippen LogP contribution >= 0.6 is 0 Å². The van der Waals surface area contributed by atoms with Gasteiger partial charge in [-0.05, 0) is 48.7 Å². The molecule has 2 aliphatic rings. The zero-order valence-corrected chi connectivity index (χ0v) is 16.2. The van der Waals surface area contributed by atoms with Crippen LogP contribution in [0.15, 0.2) is 36.4 Å². The van der Waals surface area contributed by atoms with Crippen molar-refractivity contribution < 1.29 is 18.7 Å². The normalized spacial score (nSPS) is 23.8. The van der Waals surface area contributed by atoms with E-state index in [0.29, 0.717) is 24.5 Å². The van der Waals surface area contributed by atoms with Crippen LogP contribution in [0, 0.1) is 11.2 Å². The summed E-state index contributed by atoms with van der Waals surface area (Å²) >= 11 is 0. The van der Waals surface area contributed by atoms with Gasteiger partial charge in [0.25, 0.3) is 0 Å². The van der Waals surface area contributed by atoms with E-state index in [9.17, 15) is 14.0 Å². The Morgan fingerprint density at radius 3 is 2.76 bits per heavy atom. The summed E-state index contributed by atoms with van der Waals surface area (Å²) in [6.07, 6.45) is 1.82. The highest BCUT2D eigenvalue weighted by Gasteiger charge is 2.45. The number of ether oxygens (including phenoxy) is 1. The number of nitrogens with two attached hydrogens (primary N) is 1. The summed E-state index contributed by atoms with van der Waals surface area (Å²) in [6, 6.07) is 10.4. The minimum atomic E-state index is -1.05. The molecular formula is C22H23FN3O3. The number of rotatable bonds is 4. The van der Waals surface area contributed by atoms with Crippen LogP contribution in [0.4, 0.5) is 15.8 Å². The van der Waals surface area contributed by atoms with E-state index in [4.69, 9.17) is 10.5 Å². The molecule has 0 bridgehead atoms. The summed E-state index contributed by atoms with van der Waals surface area (Å²) in [5.41, 5.74) is 7.60. The maximum atomic E-state index is 14.1. The van der Waals surface area contributed by atoms with Gasteiger partial charge in [-0.25, -0.2) is 4.39 Å². The summed E-state index contributed by atoms with van der Waals surface area (Å²) < 4.78 is 19.5. The molecule has 0 spiro atoms. The van der Waals surface area contributed by atoms with Crippen LogP contribution in [0.2, 0.25) is 0 Å². The number of fused-ring (bicyclic) bond motifs is 1. The summed E-state index contributed by atoms with van der Waals surface area (Å²) in [5, 5.41) is 3.33. The number of halogens is 1. The molecule has 6 nitrogen and oxygen atoms in total. The molecule has 29 heavy (non-hydrogen) atoms. The quantitative estimate of drug-likeness (QED) is 0.829. The lowest BCUT2D eigenvalue weighted by Crippen LogP contribution is -2.47. The van der Waals surface area contributed by atoms with Crippen LogP contribution in [-0.2, 0) is 20.7 Å². The molecule has 1 radical (unpaired) electrons. The number of benzene rings is 2. The second-order valence-corrected chi connectivity index (χ2v) is 7.78. The van der Waals surface area contributed by atoms with E-state index in [1.54, 1.807) is 19.3 Å². The number of morpholine rings is 1. The van der Waals surface area contributed by atoms with Crippen LogP contribution in [0.3, 0.4) is 0 Å². The summed E-state index contributed by atoms with van der Waals surface area (Å²) in [6.45, 7) is 4.70. The van der Waals surface area contributed by atoms with Gasteiger partial charge in [-0.1, -0.05) is 12.1 Å². The molecule has 2 aliphatic heterocycles. The van der Waals surface area contributed by atoms with Gasteiger partial charge in [-0.3, -0.25) is 9.59 Å². The molecule has 2 unspecified atom stereocenters. The third kappa shape index (κ3) is 3.35. The molecule has 4 rings (SSSR count). The Morgan fingerprint density at radius 1 is 1.31 bits per heavy atom. The van der Waals surface area contributed by atoms with E-state index in [-0.39, 0.29) is 12.0 Å². The maximum absolute atomic E-state index is 14.1. The first-order valence-electron chi connectivity index (χ1n) is 9.62. The minimum absolute atomic E-state index is 0.150. The molecule has 3 N–H and O–H groups in total. The second-order valence-electron chi connectivity index (χ2n) is 7.78. The van der Waals surface area contributed by atoms with Crippen molar-refractivity contribution in [3.8, 4) is 0 Å². The molecule has 2 atom stereocenters. The number of nitrogens with zero attached hydrogens (tertiary/aromatic N) is 1. The van der Waals surface area contributed by atoms with E-state index in [1.165, 1.54) is 6.07 Å². The summed E-state index contributed by atoms with van der Waals surface area (Å²) in [4.78, 5) is 26.1. The average Bonchev–Trinajstić information content (AvgIpc) is 2.74. The van der Waals surface area contributed by atoms with E-state index >= 15 is 0 Å². The number of nitrogens with one attached hydrogen (secondary N) is 1. The molecule has 7 heteroatoms. The molecule has 151 valence electrons. The smallest absolute Gasteiger partial charge is 0.236 e. The van der Waals surface area contributed by atoms with Gasteiger partial charge < -0.3 is 20.7 Å². The highest BCUT2D eigenvalue weighted by Crippen LogP contribution is 2.46. The fourth-order valence-corrected chi connectivity index (χ4v) is 4.24. The second kappa shape index (κ2) is 7.48. The number of primary amides is 1. The molecule has 2 heterocycles. The Labute approximate surface area is 168 Å². The maximum Gasteiger partial charge on any atom is 0.236 e. The molecule has 1 fully saturated rings. The topological polar surface area (TPSA) is 84.7 Å². The van der Waals surface area contributed by atoms with Crippen LogP contribution < -0.4 is 16.0 Å². The highest BCUT2D eigenvalue weighted by molar-refractivity contribution is 5.87. The van der Waals surface area contributed by atoms with E-state index < -0.39 is 23.2 Å². The summed E-state index contributed by atoms with van der Waals surface area (Å²) in [7, 11) is 0. The van der Waals surface area contributed by atoms with Crippen molar-refractivity contribution in [1.29, 1.82) is 0 Å². The Bertz CT molecular complexity index is 958. The molecule has 0 saturated carbocycles. The van der Waals surface area contributed by atoms with Gasteiger partial charge >= 0.3 is 0 Å². The van der Waals surface area contributed by atoms with Crippen molar-refractivity contribution in [3.63, 3.8) is 0 Å². The lowest BCUT2D eigenvalue weighted by Gasteiger charge is -2.42. The Morgan fingerprint density at radius 2 is 2.07 bits per heavy atom. The number of hydrogen-bond acceptors (Lipinski definition) is 5. The monoisotopic (exact) mass is 396 g/mol. The first-order valence-corrected chi connectivity index (χ1v) is 9.62. The van der Waals surface area contributed by atoms with Gasteiger partial charge in [0.1, 0.15) is 5.82 Å². The van der Waals surface area contributed by atoms with Crippen LogP contribution in [0.1, 0.15) is 29.7 Å². The van der Waals surface area contributed by atoms with Crippen molar-refractivity contribution in [2.24, 2.45) is 11.1 Å². The predicted octanol–water partition coefficient (Wildman–Crippen LogP) is 2.32. The third-order valence-corrected chi connectivity index (χ3v) is 5.99. The lowest BCUT2D eigenvalue weighted by molar-refractivity contribution is -0.127. The SMILES string of the molecule is CC1(C(N)=O)Cc2c(ccc(F)c2[C]=O)NC1c1cccc(N2CCOCC2)c1. The number of carbonyl (C=O) groups is 1. The van der Waals surface area contributed by atoms with Crippen LogP contribution in [-0.4, -0.2) is 38.5 Å². The van der Waals surface area contributed by atoms with Crippen LogP contribution in [0.25, 0.3) is 0 Å². The van der Waals surface area contributed by atoms with Crippen molar-refractivity contribution in [2.75, 3.05) is 36.5 Å².